The van der Waals surface area contributed by atoms with E-state index in [1.54, 1.807) is 13.8 Å². The molecule has 2 aromatic rings. The van der Waals surface area contributed by atoms with Crippen LogP contribution in [0.2, 0.25) is 0 Å². The van der Waals surface area contributed by atoms with Crippen molar-refractivity contribution in [1.29, 1.82) is 0 Å². The van der Waals surface area contributed by atoms with Crippen molar-refractivity contribution in [2.45, 2.75) is 37.6 Å². The third-order valence-electron chi connectivity index (χ3n) is 5.19. The van der Waals surface area contributed by atoms with Gasteiger partial charge in [-0.05, 0) is 20.8 Å². The van der Waals surface area contributed by atoms with Gasteiger partial charge in [0.05, 0.1) is 25.3 Å². The Labute approximate surface area is 162 Å². The molecule has 0 spiro atoms. The molecule has 0 amide bonds. The first-order chi connectivity index (χ1) is 13.2. The van der Waals surface area contributed by atoms with Crippen molar-refractivity contribution in [3.8, 4) is 5.75 Å². The highest BCUT2D eigenvalue weighted by atomic mass is 32.2. The topological polar surface area (TPSA) is 135 Å². The van der Waals surface area contributed by atoms with Crippen molar-refractivity contribution in [2.24, 2.45) is 0 Å². The molecule has 1 saturated heterocycles. The van der Waals surface area contributed by atoms with Crippen LogP contribution >= 0.6 is 0 Å². The fourth-order valence-electron chi connectivity index (χ4n) is 3.34. The largest absolute Gasteiger partial charge is 0.486 e. The summed E-state index contributed by atoms with van der Waals surface area (Å²) >= 11 is 0. The molecule has 1 fully saturated rings. The zero-order chi connectivity index (χ0) is 20.1. The summed E-state index contributed by atoms with van der Waals surface area (Å²) in [7, 11) is -3.49. The van der Waals surface area contributed by atoms with Crippen molar-refractivity contribution >= 4 is 27.6 Å². The van der Waals surface area contributed by atoms with Crippen LogP contribution in [0, 0.1) is 0 Å². The average molecular weight is 409 g/mol. The maximum absolute atomic E-state index is 12.5. The van der Waals surface area contributed by atoms with Crippen LogP contribution < -0.4 is 15.0 Å². The number of hydrogen-bond acceptors (Lipinski definition) is 10. The Morgan fingerprint density at radius 2 is 2.04 bits per heavy atom. The van der Waals surface area contributed by atoms with E-state index < -0.39 is 14.6 Å². The molecule has 2 aromatic heterocycles. The van der Waals surface area contributed by atoms with Gasteiger partial charge in [-0.1, -0.05) is 0 Å². The zero-order valence-electron chi connectivity index (χ0n) is 16.1. The van der Waals surface area contributed by atoms with Gasteiger partial charge in [0.1, 0.15) is 23.4 Å². The number of H-pyrrole nitrogens is 1. The first-order valence-electron chi connectivity index (χ1n) is 8.92. The van der Waals surface area contributed by atoms with Crippen LogP contribution in [0.3, 0.4) is 0 Å². The number of nitrogens with zero attached hydrogens (tertiary/aromatic N) is 5. The molecule has 11 nitrogen and oxygen atoms in total. The fourth-order valence-corrected chi connectivity index (χ4v) is 3.83. The maximum atomic E-state index is 12.5. The second kappa shape index (κ2) is 6.55. The number of morpholine rings is 1. The Bertz CT molecular complexity index is 977. The van der Waals surface area contributed by atoms with E-state index in [2.05, 4.69) is 35.4 Å². The molecule has 152 valence electrons. The average Bonchev–Trinajstić information content (AvgIpc) is 3.13. The third-order valence-corrected chi connectivity index (χ3v) is 7.23. The van der Waals surface area contributed by atoms with Gasteiger partial charge in [-0.2, -0.15) is 4.98 Å². The van der Waals surface area contributed by atoms with Crippen LogP contribution in [0.25, 0.3) is 0 Å². The van der Waals surface area contributed by atoms with Crippen LogP contribution in [0.15, 0.2) is 6.33 Å². The summed E-state index contributed by atoms with van der Waals surface area (Å²) in [6.45, 7) is 6.70. The van der Waals surface area contributed by atoms with E-state index in [9.17, 15) is 8.42 Å². The van der Waals surface area contributed by atoms with Gasteiger partial charge in [0.15, 0.2) is 21.4 Å². The Balaban J connectivity index is 1.89. The zero-order valence-corrected chi connectivity index (χ0v) is 16.9. The van der Waals surface area contributed by atoms with Crippen molar-refractivity contribution < 1.29 is 17.9 Å². The van der Waals surface area contributed by atoms with Crippen LogP contribution in [0.5, 0.6) is 5.75 Å². The molecule has 2 aliphatic heterocycles. The lowest BCUT2D eigenvalue weighted by molar-refractivity contribution is 0.0482. The molecule has 0 saturated carbocycles. The highest BCUT2D eigenvalue weighted by Gasteiger charge is 2.43. The normalized spacial score (nSPS) is 22.2. The highest BCUT2D eigenvalue weighted by Crippen LogP contribution is 2.44. The molecule has 28 heavy (non-hydrogen) atoms. The van der Waals surface area contributed by atoms with E-state index in [4.69, 9.17) is 9.47 Å². The summed E-state index contributed by atoms with van der Waals surface area (Å²) in [6.07, 6.45) is 2.61. The van der Waals surface area contributed by atoms with Crippen LogP contribution in [0.1, 0.15) is 26.5 Å². The smallest absolute Gasteiger partial charge is 0.248 e. The highest BCUT2D eigenvalue weighted by molar-refractivity contribution is 7.91. The SMILES string of the molecule is C[C@@H]1COC[C@H]2COc3c(nc(Nc4nc[nH]n4)nc3C(C)(C)S(C)(=O)=O)N21. The molecule has 12 heteroatoms. The minimum absolute atomic E-state index is 0.00305. The van der Waals surface area contributed by atoms with Crippen molar-refractivity contribution in [3.05, 3.63) is 12.0 Å². The lowest BCUT2D eigenvalue weighted by Crippen LogP contribution is -2.56. The van der Waals surface area contributed by atoms with Crippen LogP contribution in [-0.4, -0.2) is 71.7 Å². The summed E-state index contributed by atoms with van der Waals surface area (Å²) in [4.78, 5) is 15.2. The molecular formula is C16H23N7O4S. The third kappa shape index (κ3) is 3.05. The summed E-state index contributed by atoms with van der Waals surface area (Å²) in [5.41, 5.74) is 0.301. The fraction of sp³-hybridized carbons (Fsp3) is 0.625. The van der Waals surface area contributed by atoms with Gasteiger partial charge in [-0.25, -0.2) is 18.4 Å². The molecule has 0 bridgehead atoms. The van der Waals surface area contributed by atoms with Gasteiger partial charge in [0, 0.05) is 6.26 Å². The second-order valence-corrected chi connectivity index (χ2v) is 10.1. The molecule has 4 rings (SSSR count). The first-order valence-corrected chi connectivity index (χ1v) is 10.8. The quantitative estimate of drug-likeness (QED) is 0.739. The number of hydrogen-bond donors (Lipinski definition) is 2. The van der Waals surface area contributed by atoms with Gasteiger partial charge in [0.25, 0.3) is 0 Å². The van der Waals surface area contributed by atoms with Crippen LogP contribution in [-0.2, 0) is 19.3 Å². The second-order valence-electron chi connectivity index (χ2n) is 7.54. The molecule has 4 heterocycles. The van der Waals surface area contributed by atoms with Crippen LogP contribution in [0.4, 0.5) is 17.7 Å². The minimum Gasteiger partial charge on any atom is -0.486 e. The molecule has 0 aromatic carbocycles. The van der Waals surface area contributed by atoms with E-state index in [1.807, 2.05) is 6.92 Å². The van der Waals surface area contributed by atoms with Crippen molar-refractivity contribution in [3.63, 3.8) is 0 Å². The molecule has 2 atom stereocenters. The number of sulfone groups is 1. The van der Waals surface area contributed by atoms with Gasteiger partial charge < -0.3 is 14.4 Å². The molecule has 2 aliphatic rings. The van der Waals surface area contributed by atoms with E-state index in [0.717, 1.165) is 0 Å². The number of anilines is 3. The van der Waals surface area contributed by atoms with Crippen molar-refractivity contribution in [2.75, 3.05) is 36.3 Å². The van der Waals surface area contributed by atoms with E-state index in [1.165, 1.54) is 12.6 Å². The van der Waals surface area contributed by atoms with Gasteiger partial charge in [-0.15, -0.1) is 5.10 Å². The Morgan fingerprint density at radius 3 is 2.71 bits per heavy atom. The summed E-state index contributed by atoms with van der Waals surface area (Å²) in [6, 6.07) is 0.0542. The molecule has 0 aliphatic carbocycles. The maximum Gasteiger partial charge on any atom is 0.248 e. The van der Waals surface area contributed by atoms with Gasteiger partial charge in [0.2, 0.25) is 11.9 Å². The molecule has 0 unspecified atom stereocenters. The van der Waals surface area contributed by atoms with Gasteiger partial charge in [-0.3, -0.25) is 10.4 Å². The minimum atomic E-state index is -3.49. The Hall–Kier alpha value is -2.47. The molecule has 0 radical (unpaired) electrons. The van der Waals surface area contributed by atoms with E-state index >= 15 is 0 Å². The number of rotatable bonds is 4. The Morgan fingerprint density at radius 1 is 1.25 bits per heavy atom. The Kier molecular flexibility index (Phi) is 4.42. The molecular weight excluding hydrogens is 386 g/mol. The lowest BCUT2D eigenvalue weighted by atomic mass is 10.0. The number of ether oxygens (including phenoxy) is 2. The van der Waals surface area contributed by atoms with Crippen molar-refractivity contribution in [1.82, 2.24) is 25.1 Å². The van der Waals surface area contributed by atoms with E-state index in [-0.39, 0.29) is 24.0 Å². The number of aromatic nitrogens is 5. The predicted octanol–water partition coefficient (Wildman–Crippen LogP) is 0.604. The summed E-state index contributed by atoms with van der Waals surface area (Å²) < 4.78 is 35.4. The van der Waals surface area contributed by atoms with E-state index in [0.29, 0.717) is 37.1 Å². The number of nitrogens with one attached hydrogen (secondary N) is 2. The molecule has 2 N–H and O–H groups in total. The summed E-state index contributed by atoms with van der Waals surface area (Å²) in [5, 5.41) is 9.48. The standard InChI is InChI=1S/C16H23N7O4S/c1-9-5-26-6-10-7-27-11-12(16(2,3)28(4,24)25)19-15(20-13(11)23(9)10)21-14-17-8-18-22-14/h8-10H,5-7H2,1-4H3,(H2,17,18,19,20,21,22)/t9-,10+/m1/s1. The number of fused-ring (bicyclic) bond motifs is 3. The first kappa shape index (κ1) is 18.9. The summed E-state index contributed by atoms with van der Waals surface area (Å²) in [5.74, 6) is 1.42. The predicted molar refractivity (Wildman–Crippen MR) is 102 cm³/mol. The lowest BCUT2D eigenvalue weighted by Gasteiger charge is -2.45. The number of aromatic amines is 1. The monoisotopic (exact) mass is 409 g/mol. The van der Waals surface area contributed by atoms with Gasteiger partial charge >= 0.3 is 0 Å².